The highest BCUT2D eigenvalue weighted by Crippen LogP contribution is 2.46. The van der Waals surface area contributed by atoms with E-state index in [2.05, 4.69) is 15.3 Å². The number of nitrogens with one attached hydrogen (secondary N) is 1. The molecule has 4 rings (SSSR count). The Morgan fingerprint density at radius 3 is 2.43 bits per heavy atom. The summed E-state index contributed by atoms with van der Waals surface area (Å²) < 4.78 is 5.41. The van der Waals surface area contributed by atoms with Gasteiger partial charge in [0.05, 0.1) is 17.2 Å². The van der Waals surface area contributed by atoms with Gasteiger partial charge in [-0.25, -0.2) is 14.8 Å². The number of nitrogens with two attached hydrogens (primary N) is 1. The monoisotopic (exact) mass is 416 g/mol. The number of hydrogen-bond acceptors (Lipinski definition) is 7. The van der Waals surface area contributed by atoms with Gasteiger partial charge in [-0.2, -0.15) is 0 Å². The van der Waals surface area contributed by atoms with E-state index < -0.39 is 0 Å². The fraction of sp³-hybridized carbons (Fsp3) is 0.0870. The first-order valence-corrected chi connectivity index (χ1v) is 10.3. The zero-order valence-corrected chi connectivity index (χ0v) is 17.1. The van der Waals surface area contributed by atoms with Crippen LogP contribution in [0, 0.1) is 0 Å². The number of aromatic nitrogens is 2. The van der Waals surface area contributed by atoms with Crippen LogP contribution in [-0.4, -0.2) is 22.5 Å². The maximum Gasteiger partial charge on any atom is 0.341 e. The molecule has 2 heterocycles. The molecule has 0 amide bonds. The van der Waals surface area contributed by atoms with E-state index in [1.165, 1.54) is 11.3 Å². The molecule has 0 spiro atoms. The van der Waals surface area contributed by atoms with Gasteiger partial charge in [0.1, 0.15) is 10.6 Å². The Kier molecular flexibility index (Phi) is 5.72. The molecule has 150 valence electrons. The van der Waals surface area contributed by atoms with Gasteiger partial charge >= 0.3 is 5.97 Å². The number of benzene rings is 2. The minimum absolute atomic E-state index is 0.176. The maximum absolute atomic E-state index is 13.0. The van der Waals surface area contributed by atoms with Crippen LogP contribution in [-0.2, 0) is 4.74 Å². The summed E-state index contributed by atoms with van der Waals surface area (Å²) in [7, 11) is 0. The molecule has 3 N–H and O–H groups in total. The van der Waals surface area contributed by atoms with Crippen LogP contribution in [0.1, 0.15) is 17.3 Å². The van der Waals surface area contributed by atoms with Crippen molar-refractivity contribution in [3.8, 4) is 21.7 Å². The number of carbonyl (C=O) groups is 1. The highest BCUT2D eigenvalue weighted by Gasteiger charge is 2.27. The number of esters is 1. The standard InChI is InChI=1S/C23H20N4O2S/c1-2-29-22(28)19-18(15-9-5-3-6-10-15)20(17-13-14-25-23(24)27-17)30-21(19)26-16-11-7-4-8-12-16/h3-14,26H,2H2,1H3,(H2,24,25,27). The molecule has 4 aromatic rings. The van der Waals surface area contributed by atoms with Gasteiger partial charge in [0.25, 0.3) is 0 Å². The summed E-state index contributed by atoms with van der Waals surface area (Å²) in [6.45, 7) is 2.08. The third-order valence-electron chi connectivity index (χ3n) is 4.39. The molecule has 2 aromatic carbocycles. The molecule has 2 aromatic heterocycles. The highest BCUT2D eigenvalue weighted by molar-refractivity contribution is 7.20. The van der Waals surface area contributed by atoms with E-state index in [1.54, 1.807) is 19.2 Å². The number of para-hydroxylation sites is 1. The highest BCUT2D eigenvalue weighted by atomic mass is 32.1. The van der Waals surface area contributed by atoms with Gasteiger partial charge < -0.3 is 15.8 Å². The lowest BCUT2D eigenvalue weighted by Crippen LogP contribution is -2.07. The van der Waals surface area contributed by atoms with Crippen molar-refractivity contribution >= 4 is 33.9 Å². The lowest BCUT2D eigenvalue weighted by molar-refractivity contribution is 0.0529. The first-order valence-electron chi connectivity index (χ1n) is 9.47. The van der Waals surface area contributed by atoms with Crippen LogP contribution in [0.3, 0.4) is 0 Å². The summed E-state index contributed by atoms with van der Waals surface area (Å²) in [6, 6.07) is 21.2. The first kappa shape index (κ1) is 19.6. The largest absolute Gasteiger partial charge is 0.462 e. The van der Waals surface area contributed by atoms with Gasteiger partial charge in [0.15, 0.2) is 0 Å². The SMILES string of the molecule is CCOC(=O)c1c(Nc2ccccc2)sc(-c2ccnc(N)n2)c1-c1ccccc1. The average Bonchev–Trinajstić information content (AvgIpc) is 3.14. The van der Waals surface area contributed by atoms with Gasteiger partial charge in [0, 0.05) is 17.4 Å². The van der Waals surface area contributed by atoms with E-state index >= 15 is 0 Å². The van der Waals surface area contributed by atoms with Crippen LogP contribution in [0.25, 0.3) is 21.7 Å². The minimum atomic E-state index is -0.390. The molecular weight excluding hydrogens is 396 g/mol. The summed E-state index contributed by atoms with van der Waals surface area (Å²) in [6.07, 6.45) is 1.61. The van der Waals surface area contributed by atoms with Crippen LogP contribution >= 0.6 is 11.3 Å². The number of rotatable bonds is 6. The fourth-order valence-corrected chi connectivity index (χ4v) is 4.33. The second-order valence-electron chi connectivity index (χ2n) is 6.39. The van der Waals surface area contributed by atoms with Crippen LogP contribution < -0.4 is 11.1 Å². The van der Waals surface area contributed by atoms with E-state index in [0.717, 1.165) is 21.7 Å². The second-order valence-corrected chi connectivity index (χ2v) is 7.41. The molecule has 7 heteroatoms. The lowest BCUT2D eigenvalue weighted by Gasteiger charge is -2.10. The summed E-state index contributed by atoms with van der Waals surface area (Å²) in [5.74, 6) is -0.213. The predicted molar refractivity (Wildman–Crippen MR) is 121 cm³/mol. The van der Waals surface area contributed by atoms with E-state index in [0.29, 0.717) is 16.3 Å². The van der Waals surface area contributed by atoms with E-state index in [4.69, 9.17) is 10.5 Å². The van der Waals surface area contributed by atoms with E-state index in [9.17, 15) is 4.79 Å². The lowest BCUT2D eigenvalue weighted by atomic mass is 9.99. The Labute approximate surface area is 178 Å². The Morgan fingerprint density at radius 2 is 1.77 bits per heavy atom. The molecule has 0 bridgehead atoms. The van der Waals surface area contributed by atoms with Crippen LogP contribution in [0.5, 0.6) is 0 Å². The molecular formula is C23H20N4O2S. The normalized spacial score (nSPS) is 10.6. The summed E-state index contributed by atoms with van der Waals surface area (Å²) in [5, 5.41) is 4.06. The Morgan fingerprint density at radius 1 is 1.07 bits per heavy atom. The third kappa shape index (κ3) is 4.01. The zero-order valence-electron chi connectivity index (χ0n) is 16.3. The molecule has 0 aliphatic rings. The molecule has 0 saturated heterocycles. The van der Waals surface area contributed by atoms with Crippen LogP contribution in [0.4, 0.5) is 16.6 Å². The number of thiophene rings is 1. The van der Waals surface area contributed by atoms with Gasteiger partial charge in [0.2, 0.25) is 5.95 Å². The molecule has 0 atom stereocenters. The summed E-state index contributed by atoms with van der Waals surface area (Å²) in [5.41, 5.74) is 9.49. The van der Waals surface area contributed by atoms with Crippen molar-refractivity contribution in [3.05, 3.63) is 78.5 Å². The van der Waals surface area contributed by atoms with Gasteiger partial charge in [-0.05, 0) is 30.7 Å². The number of anilines is 3. The molecule has 30 heavy (non-hydrogen) atoms. The Balaban J connectivity index is 1.97. The Bertz CT molecular complexity index is 1160. The van der Waals surface area contributed by atoms with Gasteiger partial charge in [-0.3, -0.25) is 0 Å². The summed E-state index contributed by atoms with van der Waals surface area (Å²) >= 11 is 1.43. The van der Waals surface area contributed by atoms with Crippen molar-refractivity contribution in [1.29, 1.82) is 0 Å². The molecule has 6 nitrogen and oxygen atoms in total. The average molecular weight is 417 g/mol. The van der Waals surface area contributed by atoms with Crippen molar-refractivity contribution in [2.24, 2.45) is 0 Å². The summed E-state index contributed by atoms with van der Waals surface area (Å²) in [4.78, 5) is 22.3. The molecule has 0 fully saturated rings. The smallest absolute Gasteiger partial charge is 0.341 e. The van der Waals surface area contributed by atoms with Crippen LogP contribution in [0.2, 0.25) is 0 Å². The van der Waals surface area contributed by atoms with E-state index in [-0.39, 0.29) is 18.5 Å². The number of nitrogens with zero attached hydrogens (tertiary/aromatic N) is 2. The number of hydrogen-bond donors (Lipinski definition) is 2. The van der Waals surface area contributed by atoms with E-state index in [1.807, 2.05) is 60.7 Å². The predicted octanol–water partition coefficient (Wildman–Crippen LogP) is 5.37. The number of ether oxygens (including phenoxy) is 1. The van der Waals surface area contributed by atoms with Gasteiger partial charge in [-0.15, -0.1) is 11.3 Å². The molecule has 0 radical (unpaired) electrons. The maximum atomic E-state index is 13.0. The van der Waals surface area contributed by atoms with Crippen molar-refractivity contribution in [3.63, 3.8) is 0 Å². The molecule has 0 aliphatic carbocycles. The second kappa shape index (κ2) is 8.75. The number of nitrogen functional groups attached to an aromatic ring is 1. The zero-order chi connectivity index (χ0) is 20.9. The van der Waals surface area contributed by atoms with Crippen molar-refractivity contribution in [1.82, 2.24) is 9.97 Å². The van der Waals surface area contributed by atoms with Gasteiger partial charge in [-0.1, -0.05) is 48.5 Å². The fourth-order valence-electron chi connectivity index (χ4n) is 3.13. The number of carbonyl (C=O) groups excluding carboxylic acids is 1. The third-order valence-corrected chi connectivity index (χ3v) is 5.52. The Hall–Kier alpha value is -3.71. The molecule has 0 aliphatic heterocycles. The first-order chi connectivity index (χ1) is 14.7. The van der Waals surface area contributed by atoms with Crippen molar-refractivity contribution in [2.75, 3.05) is 17.7 Å². The van der Waals surface area contributed by atoms with Crippen LogP contribution in [0.15, 0.2) is 72.9 Å². The molecule has 0 unspecified atom stereocenters. The molecule has 0 saturated carbocycles. The minimum Gasteiger partial charge on any atom is -0.462 e. The van der Waals surface area contributed by atoms with Crippen molar-refractivity contribution < 1.29 is 9.53 Å². The van der Waals surface area contributed by atoms with Crippen molar-refractivity contribution in [2.45, 2.75) is 6.92 Å². The quantitative estimate of drug-likeness (QED) is 0.411. The topological polar surface area (TPSA) is 90.1 Å².